The van der Waals surface area contributed by atoms with Crippen LogP contribution in [0.1, 0.15) is 47.1 Å². The van der Waals surface area contributed by atoms with Crippen molar-refractivity contribution in [3.8, 4) is 0 Å². The van der Waals surface area contributed by atoms with Gasteiger partial charge in [0.1, 0.15) is 5.60 Å². The lowest BCUT2D eigenvalue weighted by Gasteiger charge is -2.43. The van der Waals surface area contributed by atoms with E-state index in [9.17, 15) is 26.7 Å². The number of hydrogen-bond donors (Lipinski definition) is 1. The molecule has 0 radical (unpaired) electrons. The van der Waals surface area contributed by atoms with Crippen LogP contribution in [0.15, 0.2) is 30.3 Å². The maximum atomic E-state index is 14.2. The van der Waals surface area contributed by atoms with Gasteiger partial charge in [0.2, 0.25) is 5.91 Å². The highest BCUT2D eigenvalue weighted by Gasteiger charge is 2.53. The van der Waals surface area contributed by atoms with E-state index in [2.05, 4.69) is 5.32 Å². The smallest absolute Gasteiger partial charge is 0.365 e. The van der Waals surface area contributed by atoms with Crippen molar-refractivity contribution < 1.29 is 31.5 Å². The fraction of sp³-hybridized carbons (Fsp3) is 0.480. The molecule has 2 aromatic carbocycles. The van der Waals surface area contributed by atoms with Crippen LogP contribution in [0.5, 0.6) is 0 Å². The van der Waals surface area contributed by atoms with Crippen molar-refractivity contribution >= 4 is 5.91 Å². The predicted molar refractivity (Wildman–Crippen MR) is 114 cm³/mol. The number of halogens is 5. The number of ether oxygens (including phenoxy) is 1. The molecule has 1 saturated carbocycles. The fourth-order valence-electron chi connectivity index (χ4n) is 5.35. The third kappa shape index (κ3) is 3.88. The molecule has 4 nitrogen and oxygen atoms in total. The Bertz CT molecular complexity index is 1130. The molecule has 3 aliphatic rings. The molecule has 1 saturated heterocycles. The van der Waals surface area contributed by atoms with Gasteiger partial charge in [-0.2, -0.15) is 13.2 Å². The standard InChI is InChI=1S/C25H25F5N2O2/c1-14-15(3-2-4-18(14)25(28,29)30)12-32(17-5-6-17)23(33)20-11-31-8-7-24(20)19-10-22(27)21(26)9-16(19)13-34-24/h2-4,9-10,17,20,31H,5-8,11-13H2,1H3/t20?,24-/m0/s1. The number of amides is 1. The zero-order valence-electron chi connectivity index (χ0n) is 18.6. The number of rotatable bonds is 4. The van der Waals surface area contributed by atoms with Crippen LogP contribution in [0.2, 0.25) is 0 Å². The lowest BCUT2D eigenvalue weighted by atomic mass is 9.75. The molecule has 0 bridgehead atoms. The van der Waals surface area contributed by atoms with E-state index in [1.165, 1.54) is 13.0 Å². The first-order chi connectivity index (χ1) is 16.1. The second-order valence-corrected chi connectivity index (χ2v) is 9.39. The molecule has 1 aliphatic carbocycles. The molecule has 1 amide bonds. The topological polar surface area (TPSA) is 41.6 Å². The van der Waals surface area contributed by atoms with Crippen molar-refractivity contribution in [3.05, 3.63) is 69.8 Å². The van der Waals surface area contributed by atoms with Gasteiger partial charge in [0.15, 0.2) is 11.6 Å². The molecule has 2 heterocycles. The van der Waals surface area contributed by atoms with E-state index in [0.29, 0.717) is 29.7 Å². The molecule has 1 N–H and O–H groups in total. The third-order valence-electron chi connectivity index (χ3n) is 7.33. The third-order valence-corrected chi connectivity index (χ3v) is 7.33. The largest absolute Gasteiger partial charge is 0.416 e. The van der Waals surface area contributed by atoms with E-state index in [4.69, 9.17) is 4.74 Å². The van der Waals surface area contributed by atoms with Crippen LogP contribution >= 0.6 is 0 Å². The summed E-state index contributed by atoms with van der Waals surface area (Å²) in [6.07, 6.45) is -2.53. The van der Waals surface area contributed by atoms with Crippen molar-refractivity contribution in [2.24, 2.45) is 5.92 Å². The average molecular weight is 480 g/mol. The molecule has 34 heavy (non-hydrogen) atoms. The SMILES string of the molecule is Cc1c(CN(C(=O)C2CNCC[C@@]23OCc2cc(F)c(F)cc23)C2CC2)cccc1C(F)(F)F. The first-order valence-corrected chi connectivity index (χ1v) is 11.4. The van der Waals surface area contributed by atoms with Crippen molar-refractivity contribution in [2.45, 2.75) is 57.2 Å². The highest BCUT2D eigenvalue weighted by atomic mass is 19.4. The maximum Gasteiger partial charge on any atom is 0.416 e. The van der Waals surface area contributed by atoms with Crippen LogP contribution in [0.4, 0.5) is 22.0 Å². The Labute approximate surface area is 194 Å². The summed E-state index contributed by atoms with van der Waals surface area (Å²) in [5.74, 6) is -2.91. The predicted octanol–water partition coefficient (Wildman–Crippen LogP) is 4.82. The Morgan fingerprint density at radius 3 is 2.65 bits per heavy atom. The Morgan fingerprint density at radius 1 is 1.21 bits per heavy atom. The van der Waals surface area contributed by atoms with Gasteiger partial charge in [0, 0.05) is 19.1 Å². The van der Waals surface area contributed by atoms with Gasteiger partial charge in [0.05, 0.1) is 18.1 Å². The van der Waals surface area contributed by atoms with E-state index in [-0.39, 0.29) is 37.2 Å². The molecular formula is C25H25F5N2O2. The second kappa shape index (κ2) is 8.30. The van der Waals surface area contributed by atoms with E-state index >= 15 is 0 Å². The van der Waals surface area contributed by atoms with Gasteiger partial charge in [-0.3, -0.25) is 4.79 Å². The summed E-state index contributed by atoms with van der Waals surface area (Å²) < 4.78 is 74.4. The Kier molecular flexibility index (Phi) is 5.67. The fourth-order valence-corrected chi connectivity index (χ4v) is 5.35. The molecule has 2 fully saturated rings. The van der Waals surface area contributed by atoms with Crippen LogP contribution < -0.4 is 5.32 Å². The molecule has 9 heteroatoms. The highest BCUT2D eigenvalue weighted by molar-refractivity contribution is 5.82. The Morgan fingerprint density at radius 2 is 1.94 bits per heavy atom. The van der Waals surface area contributed by atoms with Gasteiger partial charge in [-0.1, -0.05) is 12.1 Å². The zero-order chi connectivity index (χ0) is 24.3. The molecule has 1 spiro atoms. The summed E-state index contributed by atoms with van der Waals surface area (Å²) in [6, 6.07) is 6.19. The minimum absolute atomic E-state index is 0.0521. The van der Waals surface area contributed by atoms with Crippen molar-refractivity contribution in [1.29, 1.82) is 0 Å². The second-order valence-electron chi connectivity index (χ2n) is 9.39. The Balaban J connectivity index is 1.49. The van der Waals surface area contributed by atoms with Gasteiger partial charge in [-0.25, -0.2) is 8.78 Å². The molecular weight excluding hydrogens is 455 g/mol. The lowest BCUT2D eigenvalue weighted by Crippen LogP contribution is -2.55. The van der Waals surface area contributed by atoms with Crippen LogP contribution in [0.25, 0.3) is 0 Å². The first-order valence-electron chi connectivity index (χ1n) is 11.4. The van der Waals surface area contributed by atoms with E-state index < -0.39 is 34.9 Å². The van der Waals surface area contributed by atoms with Gasteiger partial charge in [-0.05, 0) is 73.2 Å². The zero-order valence-corrected chi connectivity index (χ0v) is 18.6. The van der Waals surface area contributed by atoms with Gasteiger partial charge >= 0.3 is 6.18 Å². The van der Waals surface area contributed by atoms with Crippen LogP contribution in [0.3, 0.4) is 0 Å². The molecule has 182 valence electrons. The minimum Gasteiger partial charge on any atom is -0.365 e. The number of piperidine rings is 1. The van der Waals surface area contributed by atoms with Gasteiger partial charge < -0.3 is 15.0 Å². The molecule has 0 aromatic heterocycles. The van der Waals surface area contributed by atoms with E-state index in [1.54, 1.807) is 11.0 Å². The van der Waals surface area contributed by atoms with E-state index in [0.717, 1.165) is 31.0 Å². The van der Waals surface area contributed by atoms with Crippen molar-refractivity contribution in [1.82, 2.24) is 10.2 Å². The van der Waals surface area contributed by atoms with Crippen LogP contribution in [-0.2, 0) is 34.5 Å². The summed E-state index contributed by atoms with van der Waals surface area (Å²) >= 11 is 0. The Hall–Kier alpha value is -2.52. The summed E-state index contributed by atoms with van der Waals surface area (Å²) in [6.45, 7) is 2.37. The number of nitrogens with zero attached hydrogens (tertiary/aromatic N) is 1. The number of benzene rings is 2. The minimum atomic E-state index is -4.48. The van der Waals surface area contributed by atoms with E-state index in [1.807, 2.05) is 0 Å². The summed E-state index contributed by atoms with van der Waals surface area (Å²) in [5.41, 5.74) is -0.266. The number of carbonyl (C=O) groups excluding carboxylic acids is 1. The van der Waals surface area contributed by atoms with Crippen molar-refractivity contribution in [3.63, 3.8) is 0 Å². The quantitative estimate of drug-likeness (QED) is 0.639. The average Bonchev–Trinajstić information content (AvgIpc) is 3.58. The number of nitrogens with one attached hydrogen (secondary N) is 1. The first kappa shape index (κ1) is 23.2. The molecule has 2 aromatic rings. The monoisotopic (exact) mass is 480 g/mol. The molecule has 2 atom stereocenters. The molecule has 5 rings (SSSR count). The van der Waals surface area contributed by atoms with Crippen LogP contribution in [0, 0.1) is 24.5 Å². The number of alkyl halides is 3. The van der Waals surface area contributed by atoms with Gasteiger partial charge in [-0.15, -0.1) is 0 Å². The normalized spacial score (nSPS) is 24.4. The lowest BCUT2D eigenvalue weighted by molar-refractivity contribution is -0.157. The number of fused-ring (bicyclic) bond motifs is 2. The number of carbonyl (C=O) groups is 1. The van der Waals surface area contributed by atoms with Gasteiger partial charge in [0.25, 0.3) is 0 Å². The maximum absolute atomic E-state index is 14.2. The molecule has 2 aliphatic heterocycles. The summed E-state index contributed by atoms with van der Waals surface area (Å²) in [5, 5.41) is 3.20. The molecule has 1 unspecified atom stereocenters. The summed E-state index contributed by atoms with van der Waals surface area (Å²) in [4.78, 5) is 15.6. The summed E-state index contributed by atoms with van der Waals surface area (Å²) in [7, 11) is 0. The van der Waals surface area contributed by atoms with Crippen LogP contribution in [-0.4, -0.2) is 29.9 Å². The number of hydrogen-bond acceptors (Lipinski definition) is 3. The highest BCUT2D eigenvalue weighted by Crippen LogP contribution is 2.48. The van der Waals surface area contributed by atoms with Crippen molar-refractivity contribution in [2.75, 3.05) is 13.1 Å².